The average Bonchev–Trinajstić information content (AvgIpc) is 2.49. The monoisotopic (exact) mass is 372 g/mol. The summed E-state index contributed by atoms with van der Waals surface area (Å²) < 4.78 is 36.2. The lowest BCUT2D eigenvalue weighted by atomic mass is 9.86. The second kappa shape index (κ2) is 8.05. The number of amides is 1. The summed E-state index contributed by atoms with van der Waals surface area (Å²) >= 11 is 0. The van der Waals surface area contributed by atoms with Crippen LogP contribution in [-0.4, -0.2) is 40.8 Å². The van der Waals surface area contributed by atoms with Crippen molar-refractivity contribution in [2.75, 3.05) is 20.5 Å². The first-order chi connectivity index (χ1) is 11.4. The summed E-state index contributed by atoms with van der Waals surface area (Å²) in [5.41, 5.74) is 0.146. The van der Waals surface area contributed by atoms with Gasteiger partial charge in [0.2, 0.25) is 15.9 Å². The topological polar surface area (TPSA) is 93.7 Å². The normalized spacial score (nSPS) is 14.5. The molecule has 25 heavy (non-hydrogen) atoms. The fourth-order valence-corrected chi connectivity index (χ4v) is 3.28. The van der Waals surface area contributed by atoms with Crippen LogP contribution in [0.25, 0.3) is 0 Å². The van der Waals surface area contributed by atoms with E-state index in [-0.39, 0.29) is 0 Å². The van der Waals surface area contributed by atoms with Gasteiger partial charge in [0.25, 0.3) is 0 Å². The van der Waals surface area contributed by atoms with Gasteiger partial charge in [0.15, 0.2) is 0 Å². The van der Waals surface area contributed by atoms with Gasteiger partial charge in [-0.05, 0) is 30.5 Å². The van der Waals surface area contributed by atoms with Crippen LogP contribution in [-0.2, 0) is 14.8 Å². The third-order valence-corrected chi connectivity index (χ3v) is 4.39. The third kappa shape index (κ3) is 6.21. The quantitative estimate of drug-likeness (QED) is 0.762. The average molecular weight is 372 g/mol. The third-order valence-electron chi connectivity index (χ3n) is 3.72. The molecule has 1 rings (SSSR count). The zero-order chi connectivity index (χ0) is 19.4. The Hall–Kier alpha value is -1.80. The molecule has 8 heteroatoms. The molecule has 7 nitrogen and oxygen atoms in total. The van der Waals surface area contributed by atoms with Crippen molar-refractivity contribution in [2.45, 2.75) is 39.8 Å². The van der Waals surface area contributed by atoms with E-state index in [1.807, 2.05) is 0 Å². The minimum Gasteiger partial charge on any atom is -0.497 e. The van der Waals surface area contributed by atoms with E-state index in [0.717, 1.165) is 11.8 Å². The maximum Gasteiger partial charge on any atom is 0.239 e. The van der Waals surface area contributed by atoms with Gasteiger partial charge in [0.05, 0.1) is 26.5 Å². The molecule has 0 heterocycles. The molecule has 0 bridgehead atoms. The number of hydrogen-bond acceptors (Lipinski definition) is 5. The zero-order valence-corrected chi connectivity index (χ0v) is 16.7. The molecule has 2 atom stereocenters. The summed E-state index contributed by atoms with van der Waals surface area (Å²) in [6.07, 6.45) is 1.04. The molecule has 0 aliphatic carbocycles. The number of carbonyl (C=O) groups is 1. The number of hydrogen-bond donors (Lipinski definition) is 2. The summed E-state index contributed by atoms with van der Waals surface area (Å²) in [5.74, 6) is 0.839. The molecule has 1 aromatic carbocycles. The molecule has 0 radical (unpaired) electrons. The fraction of sp³-hybridized carbons (Fsp3) is 0.588. The van der Waals surface area contributed by atoms with Gasteiger partial charge in [0.1, 0.15) is 17.5 Å². The van der Waals surface area contributed by atoms with Gasteiger partial charge in [-0.3, -0.25) is 4.79 Å². The maximum absolute atomic E-state index is 12.7. The van der Waals surface area contributed by atoms with Gasteiger partial charge in [-0.1, -0.05) is 20.8 Å². The predicted octanol–water partition coefficient (Wildman–Crippen LogP) is 1.84. The van der Waals surface area contributed by atoms with E-state index in [2.05, 4.69) is 10.0 Å². The molecule has 0 saturated carbocycles. The summed E-state index contributed by atoms with van der Waals surface area (Å²) in [6.45, 7) is 7.19. The molecule has 0 fully saturated rings. The molecule has 1 aromatic rings. The van der Waals surface area contributed by atoms with Crippen molar-refractivity contribution in [1.29, 1.82) is 0 Å². The smallest absolute Gasteiger partial charge is 0.239 e. The Morgan fingerprint density at radius 1 is 1.16 bits per heavy atom. The number of methoxy groups -OCH3 is 2. The Labute approximate surface area is 150 Å². The van der Waals surface area contributed by atoms with E-state index >= 15 is 0 Å². The largest absolute Gasteiger partial charge is 0.497 e. The lowest BCUT2D eigenvalue weighted by Crippen LogP contribution is -2.53. The van der Waals surface area contributed by atoms with Crippen LogP contribution < -0.4 is 19.5 Å². The van der Waals surface area contributed by atoms with Crippen LogP contribution >= 0.6 is 0 Å². The van der Waals surface area contributed by atoms with Crippen molar-refractivity contribution in [3.8, 4) is 11.5 Å². The van der Waals surface area contributed by atoms with Crippen molar-refractivity contribution in [3.05, 3.63) is 23.8 Å². The Morgan fingerprint density at radius 2 is 1.76 bits per heavy atom. The molecule has 0 aliphatic heterocycles. The second-order valence-corrected chi connectivity index (χ2v) is 8.81. The van der Waals surface area contributed by atoms with Crippen molar-refractivity contribution in [3.63, 3.8) is 0 Å². The van der Waals surface area contributed by atoms with Gasteiger partial charge < -0.3 is 14.8 Å². The lowest BCUT2D eigenvalue weighted by molar-refractivity contribution is -0.125. The summed E-state index contributed by atoms with van der Waals surface area (Å²) in [6, 6.07) is 4.00. The standard InChI is InChI=1S/C17H28N2O5S/c1-11(13-10-12(23-5)8-9-14(13)24-6)18-16(20)15(17(2,3)4)19-25(7,21)22/h8-11,15,19H,1-7H3,(H,18,20)/t11-,15+/m1/s1. The predicted molar refractivity (Wildman–Crippen MR) is 97.3 cm³/mol. The highest BCUT2D eigenvalue weighted by Gasteiger charge is 2.34. The fourth-order valence-electron chi connectivity index (χ4n) is 2.39. The molecule has 142 valence electrons. The van der Waals surface area contributed by atoms with Crippen LogP contribution in [0.5, 0.6) is 11.5 Å². The van der Waals surface area contributed by atoms with Crippen LogP contribution in [0.15, 0.2) is 18.2 Å². The molecule has 1 amide bonds. The van der Waals surface area contributed by atoms with Crippen LogP contribution in [0.4, 0.5) is 0 Å². The highest BCUT2D eigenvalue weighted by atomic mass is 32.2. The molecule has 2 N–H and O–H groups in total. The number of sulfonamides is 1. The van der Waals surface area contributed by atoms with Crippen LogP contribution in [0, 0.1) is 5.41 Å². The van der Waals surface area contributed by atoms with E-state index in [1.54, 1.807) is 60.1 Å². The number of carbonyl (C=O) groups excluding carboxylic acids is 1. The van der Waals surface area contributed by atoms with E-state index in [1.165, 1.54) is 0 Å². The van der Waals surface area contributed by atoms with Gasteiger partial charge in [-0.25, -0.2) is 13.1 Å². The van der Waals surface area contributed by atoms with Gasteiger partial charge >= 0.3 is 0 Å². The number of ether oxygens (including phenoxy) is 2. The Morgan fingerprint density at radius 3 is 2.20 bits per heavy atom. The Balaban J connectivity index is 3.08. The van der Waals surface area contributed by atoms with Crippen molar-refractivity contribution >= 4 is 15.9 Å². The van der Waals surface area contributed by atoms with Crippen molar-refractivity contribution < 1.29 is 22.7 Å². The SMILES string of the molecule is COc1ccc(OC)c([C@@H](C)NC(=O)[C@H](NS(C)(=O)=O)C(C)(C)C)c1. The highest BCUT2D eigenvalue weighted by Crippen LogP contribution is 2.30. The maximum atomic E-state index is 12.7. The van der Waals surface area contributed by atoms with E-state index in [0.29, 0.717) is 11.5 Å². The minimum atomic E-state index is -3.53. The van der Waals surface area contributed by atoms with Crippen molar-refractivity contribution in [2.24, 2.45) is 5.41 Å². The van der Waals surface area contributed by atoms with E-state index < -0.39 is 33.4 Å². The summed E-state index contributed by atoms with van der Waals surface area (Å²) in [5, 5.41) is 2.85. The van der Waals surface area contributed by atoms with Crippen LogP contribution in [0.1, 0.15) is 39.3 Å². The van der Waals surface area contributed by atoms with Gasteiger partial charge in [0, 0.05) is 5.56 Å². The number of nitrogens with one attached hydrogen (secondary N) is 2. The Kier molecular flexibility index (Phi) is 6.84. The van der Waals surface area contributed by atoms with Gasteiger partial charge in [-0.15, -0.1) is 0 Å². The lowest BCUT2D eigenvalue weighted by Gasteiger charge is -2.31. The first kappa shape index (κ1) is 21.2. The molecule has 0 unspecified atom stereocenters. The first-order valence-corrected chi connectivity index (χ1v) is 9.77. The molecule has 0 aliphatic rings. The van der Waals surface area contributed by atoms with Crippen molar-refractivity contribution in [1.82, 2.24) is 10.0 Å². The Bertz CT molecular complexity index is 710. The van der Waals surface area contributed by atoms with Gasteiger partial charge in [-0.2, -0.15) is 0 Å². The summed E-state index contributed by atoms with van der Waals surface area (Å²) in [7, 11) is -0.430. The number of benzene rings is 1. The minimum absolute atomic E-state index is 0.399. The molecule has 0 saturated heterocycles. The van der Waals surface area contributed by atoms with E-state index in [9.17, 15) is 13.2 Å². The second-order valence-electron chi connectivity index (χ2n) is 7.03. The van der Waals surface area contributed by atoms with Crippen LogP contribution in [0.3, 0.4) is 0 Å². The zero-order valence-electron chi connectivity index (χ0n) is 15.8. The first-order valence-electron chi connectivity index (χ1n) is 7.88. The summed E-state index contributed by atoms with van der Waals surface area (Å²) in [4.78, 5) is 12.7. The molecular formula is C17H28N2O5S. The number of rotatable bonds is 7. The molecular weight excluding hydrogens is 344 g/mol. The van der Waals surface area contributed by atoms with E-state index in [4.69, 9.17) is 9.47 Å². The molecule has 0 spiro atoms. The highest BCUT2D eigenvalue weighted by molar-refractivity contribution is 7.88. The van der Waals surface area contributed by atoms with Crippen LogP contribution in [0.2, 0.25) is 0 Å². The molecule has 0 aromatic heterocycles.